The molecule has 0 aliphatic heterocycles. The van der Waals surface area contributed by atoms with Crippen LogP contribution in [0.2, 0.25) is 0 Å². The molecular weight excluding hydrogens is 212 g/mol. The molecule has 2 N–H and O–H groups in total. The van der Waals surface area contributed by atoms with Gasteiger partial charge in [-0.05, 0) is 25.3 Å². The van der Waals surface area contributed by atoms with Gasteiger partial charge in [0.1, 0.15) is 0 Å². The molecule has 0 heterocycles. The second-order valence-corrected chi connectivity index (χ2v) is 4.75. The minimum Gasteiger partial charge on any atom is -0.355 e. The van der Waals surface area contributed by atoms with Gasteiger partial charge in [0, 0.05) is 6.54 Å². The zero-order valence-electron chi connectivity index (χ0n) is 11.8. The summed E-state index contributed by atoms with van der Waals surface area (Å²) in [6.07, 6.45) is 7.22. The minimum absolute atomic E-state index is 0.129. The van der Waals surface area contributed by atoms with Gasteiger partial charge in [0.05, 0.1) is 6.54 Å². The van der Waals surface area contributed by atoms with E-state index in [9.17, 15) is 4.79 Å². The third-order valence-corrected chi connectivity index (χ3v) is 3.11. The third-order valence-electron chi connectivity index (χ3n) is 3.11. The standard InChI is InChI=1S/C14H30N2O/c1-4-7-9-13(6-3)11-15-12-14(17)16-10-8-5-2/h13,15H,4-12H2,1-3H3,(H,16,17). The molecule has 3 nitrogen and oxygen atoms in total. The van der Waals surface area contributed by atoms with Crippen LogP contribution in [0.5, 0.6) is 0 Å². The van der Waals surface area contributed by atoms with Crippen molar-refractivity contribution in [2.75, 3.05) is 19.6 Å². The molecule has 0 bridgehead atoms. The van der Waals surface area contributed by atoms with Gasteiger partial charge < -0.3 is 10.6 Å². The molecule has 3 heteroatoms. The lowest BCUT2D eigenvalue weighted by Crippen LogP contribution is -2.36. The average molecular weight is 242 g/mol. The van der Waals surface area contributed by atoms with Crippen LogP contribution in [0.1, 0.15) is 59.3 Å². The maximum atomic E-state index is 11.4. The summed E-state index contributed by atoms with van der Waals surface area (Å²) in [6.45, 7) is 8.82. The first-order valence-electron chi connectivity index (χ1n) is 7.21. The Morgan fingerprint density at radius 3 is 2.41 bits per heavy atom. The van der Waals surface area contributed by atoms with E-state index in [1.54, 1.807) is 0 Å². The van der Waals surface area contributed by atoms with Gasteiger partial charge in [0.15, 0.2) is 0 Å². The van der Waals surface area contributed by atoms with Crippen LogP contribution >= 0.6 is 0 Å². The Bertz CT molecular complexity index is 183. The summed E-state index contributed by atoms with van der Waals surface area (Å²) in [4.78, 5) is 11.4. The van der Waals surface area contributed by atoms with Gasteiger partial charge in [-0.25, -0.2) is 0 Å². The van der Waals surface area contributed by atoms with Crippen LogP contribution in [-0.4, -0.2) is 25.5 Å². The number of hydrogen-bond acceptors (Lipinski definition) is 2. The number of carbonyl (C=O) groups excluding carboxylic acids is 1. The van der Waals surface area contributed by atoms with E-state index in [4.69, 9.17) is 0 Å². The van der Waals surface area contributed by atoms with E-state index in [0.717, 1.165) is 31.8 Å². The first-order chi connectivity index (χ1) is 8.24. The number of rotatable bonds is 11. The van der Waals surface area contributed by atoms with Crippen LogP contribution in [0.3, 0.4) is 0 Å². The number of nitrogens with one attached hydrogen (secondary N) is 2. The lowest BCUT2D eigenvalue weighted by molar-refractivity contribution is -0.120. The van der Waals surface area contributed by atoms with Crippen molar-refractivity contribution in [2.24, 2.45) is 5.92 Å². The van der Waals surface area contributed by atoms with E-state index in [0.29, 0.717) is 6.54 Å². The Labute approximate surface area is 107 Å². The molecule has 1 amide bonds. The first kappa shape index (κ1) is 16.4. The van der Waals surface area contributed by atoms with Crippen molar-refractivity contribution in [3.8, 4) is 0 Å². The van der Waals surface area contributed by atoms with Crippen molar-refractivity contribution in [1.29, 1.82) is 0 Å². The largest absolute Gasteiger partial charge is 0.355 e. The normalized spacial score (nSPS) is 12.4. The molecule has 17 heavy (non-hydrogen) atoms. The average Bonchev–Trinajstić information content (AvgIpc) is 2.34. The summed E-state index contributed by atoms with van der Waals surface area (Å²) in [5.74, 6) is 0.849. The molecule has 0 aromatic carbocycles. The van der Waals surface area contributed by atoms with Crippen LogP contribution in [-0.2, 0) is 4.79 Å². The molecule has 0 aromatic heterocycles. The molecule has 0 rings (SSSR count). The highest BCUT2D eigenvalue weighted by Gasteiger charge is 2.06. The van der Waals surface area contributed by atoms with Crippen molar-refractivity contribution < 1.29 is 4.79 Å². The summed E-state index contributed by atoms with van der Waals surface area (Å²) >= 11 is 0. The minimum atomic E-state index is 0.129. The fourth-order valence-electron chi connectivity index (χ4n) is 1.80. The molecule has 0 saturated heterocycles. The fourth-order valence-corrected chi connectivity index (χ4v) is 1.80. The Kier molecular flexibility index (Phi) is 11.5. The number of carbonyl (C=O) groups is 1. The van der Waals surface area contributed by atoms with Gasteiger partial charge in [-0.2, -0.15) is 0 Å². The second-order valence-electron chi connectivity index (χ2n) is 4.75. The van der Waals surface area contributed by atoms with Gasteiger partial charge in [0.25, 0.3) is 0 Å². The van der Waals surface area contributed by atoms with Crippen molar-refractivity contribution in [3.05, 3.63) is 0 Å². The van der Waals surface area contributed by atoms with Crippen molar-refractivity contribution in [3.63, 3.8) is 0 Å². The van der Waals surface area contributed by atoms with Gasteiger partial charge in [-0.1, -0.05) is 46.5 Å². The number of unbranched alkanes of at least 4 members (excludes halogenated alkanes) is 2. The predicted molar refractivity (Wildman–Crippen MR) is 74.1 cm³/mol. The molecular formula is C14H30N2O. The van der Waals surface area contributed by atoms with Crippen LogP contribution < -0.4 is 10.6 Å². The quantitative estimate of drug-likeness (QED) is 0.547. The maximum absolute atomic E-state index is 11.4. The predicted octanol–water partition coefficient (Wildman–Crippen LogP) is 2.71. The molecule has 0 saturated carbocycles. The zero-order valence-corrected chi connectivity index (χ0v) is 11.8. The fraction of sp³-hybridized carbons (Fsp3) is 0.929. The Balaban J connectivity index is 3.48. The van der Waals surface area contributed by atoms with Crippen LogP contribution in [0.4, 0.5) is 0 Å². The van der Waals surface area contributed by atoms with E-state index in [1.807, 2.05) is 0 Å². The summed E-state index contributed by atoms with van der Waals surface area (Å²) < 4.78 is 0. The highest BCUT2D eigenvalue weighted by Crippen LogP contribution is 2.10. The van der Waals surface area contributed by atoms with Crippen LogP contribution in [0.15, 0.2) is 0 Å². The topological polar surface area (TPSA) is 41.1 Å². The lowest BCUT2D eigenvalue weighted by Gasteiger charge is -2.15. The maximum Gasteiger partial charge on any atom is 0.233 e. The summed E-state index contributed by atoms with van der Waals surface area (Å²) in [5.41, 5.74) is 0. The molecule has 0 aromatic rings. The second kappa shape index (κ2) is 11.9. The van der Waals surface area contributed by atoms with E-state index < -0.39 is 0 Å². The van der Waals surface area contributed by atoms with Gasteiger partial charge in [-0.3, -0.25) is 4.79 Å². The van der Waals surface area contributed by atoms with E-state index in [2.05, 4.69) is 31.4 Å². The highest BCUT2D eigenvalue weighted by atomic mass is 16.1. The molecule has 1 unspecified atom stereocenters. The SMILES string of the molecule is CCCCNC(=O)CNCC(CC)CCCC. The Morgan fingerprint density at radius 1 is 1.12 bits per heavy atom. The zero-order chi connectivity index (χ0) is 12.9. The summed E-state index contributed by atoms with van der Waals surface area (Å²) in [7, 11) is 0. The van der Waals surface area contributed by atoms with Gasteiger partial charge in [-0.15, -0.1) is 0 Å². The van der Waals surface area contributed by atoms with Crippen LogP contribution in [0.25, 0.3) is 0 Å². The van der Waals surface area contributed by atoms with E-state index >= 15 is 0 Å². The molecule has 0 aliphatic rings. The first-order valence-corrected chi connectivity index (χ1v) is 7.21. The molecule has 102 valence electrons. The Hall–Kier alpha value is -0.570. The molecule has 0 radical (unpaired) electrons. The highest BCUT2D eigenvalue weighted by molar-refractivity contribution is 5.77. The number of hydrogen-bond donors (Lipinski definition) is 2. The molecule has 0 aliphatic carbocycles. The molecule has 0 spiro atoms. The monoisotopic (exact) mass is 242 g/mol. The van der Waals surface area contributed by atoms with E-state index in [1.165, 1.54) is 25.7 Å². The van der Waals surface area contributed by atoms with Gasteiger partial charge in [0.2, 0.25) is 5.91 Å². The summed E-state index contributed by atoms with van der Waals surface area (Å²) in [6, 6.07) is 0. The lowest BCUT2D eigenvalue weighted by atomic mass is 9.99. The van der Waals surface area contributed by atoms with Crippen molar-refractivity contribution in [2.45, 2.75) is 59.3 Å². The third kappa shape index (κ3) is 10.3. The smallest absolute Gasteiger partial charge is 0.233 e. The van der Waals surface area contributed by atoms with Crippen molar-refractivity contribution >= 4 is 5.91 Å². The summed E-state index contributed by atoms with van der Waals surface area (Å²) in [5, 5.41) is 6.18. The van der Waals surface area contributed by atoms with Crippen LogP contribution in [0, 0.1) is 5.92 Å². The van der Waals surface area contributed by atoms with E-state index in [-0.39, 0.29) is 5.91 Å². The Morgan fingerprint density at radius 2 is 1.82 bits per heavy atom. The van der Waals surface area contributed by atoms with Gasteiger partial charge >= 0.3 is 0 Å². The molecule has 1 atom stereocenters. The van der Waals surface area contributed by atoms with Crippen molar-refractivity contribution in [1.82, 2.24) is 10.6 Å². The number of amides is 1. The molecule has 0 fully saturated rings.